The first-order valence-electron chi connectivity index (χ1n) is 9.85. The quantitative estimate of drug-likeness (QED) is 0.764. The van der Waals surface area contributed by atoms with Gasteiger partial charge in [-0.25, -0.2) is 4.79 Å². The fourth-order valence-electron chi connectivity index (χ4n) is 3.47. The molecule has 0 aliphatic carbocycles. The molecule has 0 radical (unpaired) electrons. The van der Waals surface area contributed by atoms with Crippen molar-refractivity contribution in [3.63, 3.8) is 0 Å². The van der Waals surface area contributed by atoms with Crippen LogP contribution in [-0.2, 0) is 14.3 Å². The number of amides is 4. The Bertz CT molecular complexity index is 805. The van der Waals surface area contributed by atoms with E-state index in [-0.39, 0.29) is 29.7 Å². The summed E-state index contributed by atoms with van der Waals surface area (Å²) in [6, 6.07) is 6.96. The number of carbonyl (C=O) groups is 4. The Morgan fingerprint density at radius 3 is 2.14 bits per heavy atom. The second-order valence-corrected chi connectivity index (χ2v) is 8.39. The van der Waals surface area contributed by atoms with E-state index in [1.165, 1.54) is 0 Å². The van der Waals surface area contributed by atoms with Crippen LogP contribution in [0, 0.1) is 0 Å². The van der Waals surface area contributed by atoms with Crippen LogP contribution in [0.2, 0.25) is 0 Å². The molecule has 8 heteroatoms. The van der Waals surface area contributed by atoms with Crippen molar-refractivity contribution < 1.29 is 23.9 Å². The fourth-order valence-corrected chi connectivity index (χ4v) is 3.47. The van der Waals surface area contributed by atoms with Gasteiger partial charge in [-0.15, -0.1) is 0 Å². The van der Waals surface area contributed by atoms with Crippen molar-refractivity contribution in [3.05, 3.63) is 35.4 Å². The molecule has 2 saturated heterocycles. The molecule has 1 aromatic rings. The maximum absolute atomic E-state index is 12.8. The fraction of sp³-hybridized carbons (Fsp3) is 0.524. The largest absolute Gasteiger partial charge is 0.444 e. The van der Waals surface area contributed by atoms with Crippen molar-refractivity contribution in [1.29, 1.82) is 0 Å². The number of piperazine rings is 1. The molecule has 156 valence electrons. The van der Waals surface area contributed by atoms with Crippen molar-refractivity contribution in [1.82, 2.24) is 15.1 Å². The van der Waals surface area contributed by atoms with Gasteiger partial charge in [0.25, 0.3) is 5.91 Å². The van der Waals surface area contributed by atoms with Crippen LogP contribution in [0.3, 0.4) is 0 Å². The lowest BCUT2D eigenvalue weighted by Crippen LogP contribution is -2.51. The summed E-state index contributed by atoms with van der Waals surface area (Å²) >= 11 is 0. The smallest absolute Gasteiger partial charge is 0.410 e. The molecule has 0 saturated carbocycles. The Kier molecular flexibility index (Phi) is 5.91. The first-order valence-corrected chi connectivity index (χ1v) is 9.85. The van der Waals surface area contributed by atoms with Gasteiger partial charge in [0, 0.05) is 38.2 Å². The molecule has 1 unspecified atom stereocenters. The first kappa shape index (κ1) is 20.8. The van der Waals surface area contributed by atoms with Gasteiger partial charge in [0.05, 0.1) is 5.92 Å². The highest BCUT2D eigenvalue weighted by Crippen LogP contribution is 2.25. The molecule has 8 nitrogen and oxygen atoms in total. The average Bonchev–Trinajstić information content (AvgIpc) is 2.66. The number of imide groups is 1. The SMILES string of the molecule is CC(C)(C)OC(=O)N1CCN(C(=O)c2ccc(C3CCC(=O)NC3=O)cc2)CC1. The Morgan fingerprint density at radius 1 is 1.00 bits per heavy atom. The number of carbonyl (C=O) groups excluding carboxylic acids is 4. The van der Waals surface area contributed by atoms with Crippen LogP contribution in [0.5, 0.6) is 0 Å². The second-order valence-electron chi connectivity index (χ2n) is 8.39. The first-order chi connectivity index (χ1) is 13.6. The Labute approximate surface area is 170 Å². The highest BCUT2D eigenvalue weighted by atomic mass is 16.6. The second kappa shape index (κ2) is 8.23. The van der Waals surface area contributed by atoms with E-state index in [1.807, 2.05) is 20.8 Å². The van der Waals surface area contributed by atoms with Gasteiger partial charge in [-0.1, -0.05) is 12.1 Å². The third kappa shape index (κ3) is 5.13. The van der Waals surface area contributed by atoms with Crippen molar-refractivity contribution >= 4 is 23.8 Å². The molecule has 2 heterocycles. The van der Waals surface area contributed by atoms with E-state index >= 15 is 0 Å². The molecule has 4 amide bonds. The van der Waals surface area contributed by atoms with Crippen molar-refractivity contribution in [2.75, 3.05) is 26.2 Å². The van der Waals surface area contributed by atoms with Gasteiger partial charge in [-0.3, -0.25) is 19.7 Å². The van der Waals surface area contributed by atoms with E-state index in [2.05, 4.69) is 5.32 Å². The minimum absolute atomic E-state index is 0.108. The van der Waals surface area contributed by atoms with E-state index < -0.39 is 5.60 Å². The Balaban J connectivity index is 1.57. The summed E-state index contributed by atoms with van der Waals surface area (Å²) < 4.78 is 5.37. The van der Waals surface area contributed by atoms with E-state index in [0.29, 0.717) is 44.6 Å². The van der Waals surface area contributed by atoms with E-state index in [4.69, 9.17) is 4.74 Å². The highest BCUT2D eigenvalue weighted by Gasteiger charge is 2.30. The molecule has 2 aliphatic heterocycles. The van der Waals surface area contributed by atoms with Gasteiger partial charge in [-0.05, 0) is 44.9 Å². The molecule has 3 rings (SSSR count). The van der Waals surface area contributed by atoms with Crippen LogP contribution in [0.15, 0.2) is 24.3 Å². The lowest BCUT2D eigenvalue weighted by atomic mass is 9.90. The van der Waals surface area contributed by atoms with E-state index in [0.717, 1.165) is 5.56 Å². The molecule has 1 aromatic carbocycles. The highest BCUT2D eigenvalue weighted by molar-refractivity contribution is 6.01. The van der Waals surface area contributed by atoms with Gasteiger partial charge in [0.2, 0.25) is 11.8 Å². The van der Waals surface area contributed by atoms with Crippen LogP contribution < -0.4 is 5.32 Å². The molecule has 1 N–H and O–H groups in total. The summed E-state index contributed by atoms with van der Waals surface area (Å²) in [5.74, 6) is -1.01. The van der Waals surface area contributed by atoms with Gasteiger partial charge >= 0.3 is 6.09 Å². The minimum Gasteiger partial charge on any atom is -0.444 e. The maximum Gasteiger partial charge on any atom is 0.410 e. The summed E-state index contributed by atoms with van der Waals surface area (Å²) in [7, 11) is 0. The predicted molar refractivity (Wildman–Crippen MR) is 105 cm³/mol. The zero-order chi connectivity index (χ0) is 21.2. The number of hydrogen-bond donors (Lipinski definition) is 1. The van der Waals surface area contributed by atoms with Crippen molar-refractivity contribution in [2.45, 2.75) is 45.1 Å². The molecule has 2 aliphatic rings. The monoisotopic (exact) mass is 401 g/mol. The zero-order valence-electron chi connectivity index (χ0n) is 17.1. The number of piperidine rings is 1. The minimum atomic E-state index is -0.547. The third-order valence-electron chi connectivity index (χ3n) is 5.02. The Morgan fingerprint density at radius 2 is 1.59 bits per heavy atom. The number of benzene rings is 1. The number of hydrogen-bond acceptors (Lipinski definition) is 5. The predicted octanol–water partition coefficient (Wildman–Crippen LogP) is 1.90. The van der Waals surface area contributed by atoms with Gasteiger partial charge in [0.15, 0.2) is 0 Å². The molecule has 0 aromatic heterocycles. The van der Waals surface area contributed by atoms with Gasteiger partial charge in [0.1, 0.15) is 5.60 Å². The van der Waals surface area contributed by atoms with Gasteiger partial charge in [-0.2, -0.15) is 0 Å². The van der Waals surface area contributed by atoms with Crippen molar-refractivity contribution in [3.8, 4) is 0 Å². The van der Waals surface area contributed by atoms with Crippen LogP contribution in [0.1, 0.15) is 55.5 Å². The molecule has 29 heavy (non-hydrogen) atoms. The molecule has 2 fully saturated rings. The maximum atomic E-state index is 12.8. The van der Waals surface area contributed by atoms with Gasteiger partial charge < -0.3 is 14.5 Å². The summed E-state index contributed by atoms with van der Waals surface area (Å²) in [4.78, 5) is 51.5. The summed E-state index contributed by atoms with van der Waals surface area (Å²) in [5.41, 5.74) is 0.780. The average molecular weight is 401 g/mol. The van der Waals surface area contributed by atoms with Crippen molar-refractivity contribution in [2.24, 2.45) is 0 Å². The lowest BCUT2D eigenvalue weighted by molar-refractivity contribution is -0.134. The summed E-state index contributed by atoms with van der Waals surface area (Å²) in [6.45, 7) is 7.19. The molecular weight excluding hydrogens is 374 g/mol. The normalized spacial score (nSPS) is 20.3. The standard InChI is InChI=1S/C21H27N3O5/c1-21(2,3)29-20(28)24-12-10-23(11-13-24)19(27)15-6-4-14(5-7-15)16-8-9-17(25)22-18(16)26/h4-7,16H,8-13H2,1-3H3,(H,22,25,26). The third-order valence-corrected chi connectivity index (χ3v) is 5.02. The topological polar surface area (TPSA) is 96.0 Å². The number of nitrogens with zero attached hydrogens (tertiary/aromatic N) is 2. The number of rotatable bonds is 2. The molecule has 1 atom stereocenters. The van der Waals surface area contributed by atoms with Crippen LogP contribution in [0.25, 0.3) is 0 Å². The zero-order valence-corrected chi connectivity index (χ0v) is 17.1. The van der Waals surface area contributed by atoms with Crippen LogP contribution in [0.4, 0.5) is 4.79 Å². The Hall–Kier alpha value is -2.90. The number of ether oxygens (including phenoxy) is 1. The van der Waals surface area contributed by atoms with E-state index in [9.17, 15) is 19.2 Å². The lowest BCUT2D eigenvalue weighted by Gasteiger charge is -2.35. The summed E-state index contributed by atoms with van der Waals surface area (Å²) in [6.07, 6.45) is 0.432. The number of nitrogens with one attached hydrogen (secondary N) is 1. The van der Waals surface area contributed by atoms with E-state index in [1.54, 1.807) is 34.1 Å². The van der Waals surface area contributed by atoms with Crippen LogP contribution >= 0.6 is 0 Å². The van der Waals surface area contributed by atoms with Crippen LogP contribution in [-0.4, -0.2) is 65.4 Å². The molecule has 0 bridgehead atoms. The molecule has 0 spiro atoms. The molecular formula is C21H27N3O5. The summed E-state index contributed by atoms with van der Waals surface area (Å²) in [5, 5.41) is 2.35.